The Labute approximate surface area is 146 Å². The van der Waals surface area contributed by atoms with E-state index in [4.69, 9.17) is 0 Å². The van der Waals surface area contributed by atoms with E-state index in [1.807, 2.05) is 6.92 Å². The van der Waals surface area contributed by atoms with Crippen LogP contribution in [0.1, 0.15) is 44.2 Å². The van der Waals surface area contributed by atoms with E-state index in [0.29, 0.717) is 12.1 Å². The maximum Gasteiger partial charge on any atom is 0.416 e. The van der Waals surface area contributed by atoms with Crippen molar-refractivity contribution in [3.63, 3.8) is 0 Å². The number of halogens is 3. The highest BCUT2D eigenvalue weighted by molar-refractivity contribution is 5.78. The highest BCUT2D eigenvalue weighted by atomic mass is 19.4. The molecule has 2 unspecified atom stereocenters. The summed E-state index contributed by atoms with van der Waals surface area (Å²) in [5.41, 5.74) is -0.0460. The molecule has 140 valence electrons. The van der Waals surface area contributed by atoms with Crippen LogP contribution >= 0.6 is 0 Å². The van der Waals surface area contributed by atoms with Gasteiger partial charge in [0.05, 0.1) is 18.6 Å². The van der Waals surface area contributed by atoms with E-state index in [1.54, 1.807) is 18.7 Å². The summed E-state index contributed by atoms with van der Waals surface area (Å²) in [7, 11) is 1.30. The van der Waals surface area contributed by atoms with Gasteiger partial charge >= 0.3 is 12.1 Å². The lowest BCUT2D eigenvalue weighted by Gasteiger charge is -2.25. The Kier molecular flexibility index (Phi) is 7.45. The Bertz CT molecular complexity index is 584. The highest BCUT2D eigenvalue weighted by Gasteiger charge is 2.30. The molecule has 0 heterocycles. The molecule has 25 heavy (non-hydrogen) atoms. The molecule has 0 radical (unpaired) electrons. The van der Waals surface area contributed by atoms with Crippen LogP contribution < -0.4 is 0 Å². The average Bonchev–Trinajstić information content (AvgIpc) is 2.57. The van der Waals surface area contributed by atoms with Gasteiger partial charge in [-0.1, -0.05) is 26.0 Å². The molecule has 0 aliphatic carbocycles. The van der Waals surface area contributed by atoms with E-state index >= 15 is 0 Å². The number of ether oxygens (including phenoxy) is 1. The molecule has 0 saturated heterocycles. The van der Waals surface area contributed by atoms with Gasteiger partial charge in [-0.05, 0) is 30.5 Å². The molecule has 1 rings (SSSR count). The van der Waals surface area contributed by atoms with Gasteiger partial charge in [0.1, 0.15) is 0 Å². The summed E-state index contributed by atoms with van der Waals surface area (Å²) in [5, 5.41) is 0. The van der Waals surface area contributed by atoms with Crippen molar-refractivity contribution in [2.24, 2.45) is 5.92 Å². The van der Waals surface area contributed by atoms with Crippen LogP contribution in [0.25, 0.3) is 0 Å². The maximum atomic E-state index is 12.6. The zero-order chi connectivity index (χ0) is 19.2. The standard InChI is InChI=1S/C18H24F3NO3/c1-5-22(11-13(3)17(24)25-4)16(23)10-12(2)14-6-8-15(9-7-14)18(19,20)21/h6-9,12-13H,5,10-11H2,1-4H3. The second-order valence-corrected chi connectivity index (χ2v) is 6.08. The van der Waals surface area contributed by atoms with E-state index in [2.05, 4.69) is 4.74 Å². The molecule has 7 heteroatoms. The Balaban J connectivity index is 2.72. The minimum absolute atomic E-state index is 0.148. The van der Waals surface area contributed by atoms with Crippen molar-refractivity contribution in [2.75, 3.05) is 20.2 Å². The molecule has 1 amide bonds. The van der Waals surface area contributed by atoms with Crippen molar-refractivity contribution in [1.29, 1.82) is 0 Å². The van der Waals surface area contributed by atoms with Gasteiger partial charge in [0.2, 0.25) is 5.91 Å². The monoisotopic (exact) mass is 359 g/mol. The first kappa shape index (κ1) is 21.0. The fraction of sp³-hybridized carbons (Fsp3) is 0.556. The molecule has 1 aromatic carbocycles. The number of alkyl halides is 3. The summed E-state index contributed by atoms with van der Waals surface area (Å²) >= 11 is 0. The van der Waals surface area contributed by atoms with Crippen molar-refractivity contribution >= 4 is 11.9 Å². The summed E-state index contributed by atoms with van der Waals surface area (Å²) in [6.45, 7) is 5.98. The SMILES string of the molecule is CCN(CC(C)C(=O)OC)C(=O)CC(C)c1ccc(C(F)(F)F)cc1. The molecular weight excluding hydrogens is 335 g/mol. The Morgan fingerprint density at radius 2 is 1.72 bits per heavy atom. The number of methoxy groups -OCH3 is 1. The van der Waals surface area contributed by atoms with E-state index in [9.17, 15) is 22.8 Å². The molecule has 0 N–H and O–H groups in total. The minimum atomic E-state index is -4.37. The molecule has 0 aliphatic heterocycles. The largest absolute Gasteiger partial charge is 0.469 e. The number of hydrogen-bond donors (Lipinski definition) is 0. The summed E-state index contributed by atoms with van der Waals surface area (Å²) in [6, 6.07) is 4.84. The van der Waals surface area contributed by atoms with E-state index < -0.39 is 17.7 Å². The fourth-order valence-corrected chi connectivity index (χ4v) is 2.52. The first-order chi connectivity index (χ1) is 11.6. The van der Waals surface area contributed by atoms with Crippen molar-refractivity contribution in [1.82, 2.24) is 4.90 Å². The van der Waals surface area contributed by atoms with Gasteiger partial charge in [-0.2, -0.15) is 13.2 Å². The summed E-state index contributed by atoms with van der Waals surface area (Å²) < 4.78 is 42.5. The number of esters is 1. The van der Waals surface area contributed by atoms with E-state index in [-0.39, 0.29) is 30.8 Å². The third-order valence-electron chi connectivity index (χ3n) is 4.12. The lowest BCUT2D eigenvalue weighted by atomic mass is 9.96. The lowest BCUT2D eigenvalue weighted by Crippen LogP contribution is -2.37. The van der Waals surface area contributed by atoms with Crippen molar-refractivity contribution in [2.45, 2.75) is 39.3 Å². The molecule has 0 spiro atoms. The fourth-order valence-electron chi connectivity index (χ4n) is 2.52. The van der Waals surface area contributed by atoms with Gasteiger partial charge in [0.15, 0.2) is 0 Å². The summed E-state index contributed by atoms with van der Waals surface area (Å²) in [5.74, 6) is -1.19. The van der Waals surface area contributed by atoms with Crippen LogP contribution in [0.15, 0.2) is 24.3 Å². The van der Waals surface area contributed by atoms with E-state index in [0.717, 1.165) is 12.1 Å². The molecule has 1 aromatic rings. The van der Waals surface area contributed by atoms with Gasteiger partial charge < -0.3 is 9.64 Å². The van der Waals surface area contributed by atoms with Gasteiger partial charge in [-0.15, -0.1) is 0 Å². The summed E-state index contributed by atoms with van der Waals surface area (Å²) in [6.07, 6.45) is -4.21. The van der Waals surface area contributed by atoms with Gasteiger partial charge in [-0.3, -0.25) is 9.59 Å². The van der Waals surface area contributed by atoms with E-state index in [1.165, 1.54) is 19.2 Å². The van der Waals surface area contributed by atoms with Crippen molar-refractivity contribution in [3.05, 3.63) is 35.4 Å². The van der Waals surface area contributed by atoms with Crippen LogP contribution in [0.4, 0.5) is 13.2 Å². The van der Waals surface area contributed by atoms with Gasteiger partial charge in [0, 0.05) is 19.5 Å². The topological polar surface area (TPSA) is 46.6 Å². The van der Waals surface area contributed by atoms with Crippen molar-refractivity contribution in [3.8, 4) is 0 Å². The van der Waals surface area contributed by atoms with Gasteiger partial charge in [0.25, 0.3) is 0 Å². The quantitative estimate of drug-likeness (QED) is 0.695. The molecule has 0 saturated carbocycles. The molecule has 0 aliphatic rings. The highest BCUT2D eigenvalue weighted by Crippen LogP contribution is 2.30. The number of benzene rings is 1. The Morgan fingerprint density at radius 3 is 2.16 bits per heavy atom. The predicted octanol–water partition coefficient (Wildman–Crippen LogP) is 3.86. The second kappa shape index (κ2) is 8.87. The predicted molar refractivity (Wildman–Crippen MR) is 87.9 cm³/mol. The molecule has 0 bridgehead atoms. The molecule has 0 aromatic heterocycles. The number of amides is 1. The third kappa shape index (κ3) is 6.07. The zero-order valence-electron chi connectivity index (χ0n) is 14.9. The molecule has 4 nitrogen and oxygen atoms in total. The lowest BCUT2D eigenvalue weighted by molar-refractivity contribution is -0.146. The maximum absolute atomic E-state index is 12.6. The van der Waals surface area contributed by atoms with Crippen LogP contribution in [-0.4, -0.2) is 37.0 Å². The van der Waals surface area contributed by atoms with Crippen LogP contribution in [0.3, 0.4) is 0 Å². The Hall–Kier alpha value is -2.05. The first-order valence-electron chi connectivity index (χ1n) is 8.12. The third-order valence-corrected chi connectivity index (χ3v) is 4.12. The summed E-state index contributed by atoms with van der Waals surface area (Å²) in [4.78, 5) is 25.5. The molecule has 2 atom stereocenters. The number of carbonyl (C=O) groups excluding carboxylic acids is 2. The van der Waals surface area contributed by atoms with Crippen LogP contribution in [0.5, 0.6) is 0 Å². The molecular formula is C18H24F3NO3. The van der Waals surface area contributed by atoms with Gasteiger partial charge in [-0.25, -0.2) is 0 Å². The minimum Gasteiger partial charge on any atom is -0.469 e. The number of nitrogens with zero attached hydrogens (tertiary/aromatic N) is 1. The van der Waals surface area contributed by atoms with Crippen molar-refractivity contribution < 1.29 is 27.5 Å². The van der Waals surface area contributed by atoms with Crippen LogP contribution in [0.2, 0.25) is 0 Å². The number of carbonyl (C=O) groups is 2. The first-order valence-corrected chi connectivity index (χ1v) is 8.12. The molecule has 0 fully saturated rings. The second-order valence-electron chi connectivity index (χ2n) is 6.08. The number of hydrogen-bond acceptors (Lipinski definition) is 3. The Morgan fingerprint density at radius 1 is 1.16 bits per heavy atom. The van der Waals surface area contributed by atoms with Crippen LogP contribution in [0, 0.1) is 5.92 Å². The number of rotatable bonds is 7. The average molecular weight is 359 g/mol. The smallest absolute Gasteiger partial charge is 0.416 e. The van der Waals surface area contributed by atoms with Crippen LogP contribution in [-0.2, 0) is 20.5 Å². The zero-order valence-corrected chi connectivity index (χ0v) is 14.9. The normalized spacial score (nSPS) is 13.9.